The van der Waals surface area contributed by atoms with Crippen molar-refractivity contribution >= 4 is 15.8 Å². The van der Waals surface area contributed by atoms with Crippen LogP contribution in [0.15, 0.2) is 23.8 Å². The third kappa shape index (κ3) is 3.11. The van der Waals surface area contributed by atoms with Crippen LogP contribution < -0.4 is 16.2 Å². The number of sulfonamides is 1. The summed E-state index contributed by atoms with van der Waals surface area (Å²) in [4.78, 5) is 9.88. The average molecular weight is 287 g/mol. The van der Waals surface area contributed by atoms with E-state index >= 15 is 0 Å². The lowest BCUT2D eigenvalue weighted by molar-refractivity contribution is -0.115. The molecule has 0 bridgehead atoms. The summed E-state index contributed by atoms with van der Waals surface area (Å²) >= 11 is 0. The molecule has 0 aliphatic heterocycles. The Kier molecular flexibility index (Phi) is 5.03. The molecular weight excluding hydrogens is 266 g/mol. The molecule has 2 unspecified atom stereocenters. The van der Waals surface area contributed by atoms with E-state index < -0.39 is 20.9 Å². The third-order valence-electron chi connectivity index (χ3n) is 3.04. The summed E-state index contributed by atoms with van der Waals surface area (Å²) in [5, 5.41) is 0. The number of hydrogen-bond acceptors (Lipinski definition) is 5. The van der Waals surface area contributed by atoms with Gasteiger partial charge >= 0.3 is 0 Å². The van der Waals surface area contributed by atoms with Crippen LogP contribution >= 0.6 is 0 Å². The van der Waals surface area contributed by atoms with Crippen molar-refractivity contribution in [3.63, 3.8) is 0 Å². The topological polar surface area (TPSA) is 115 Å². The Balaban J connectivity index is 3.17. The molecule has 108 valence electrons. The van der Waals surface area contributed by atoms with Crippen LogP contribution in [0.25, 0.3) is 0 Å². The fraction of sp³-hybridized carbons (Fsp3) is 0.583. The highest BCUT2D eigenvalue weighted by Crippen LogP contribution is 2.24. The first-order valence-corrected chi connectivity index (χ1v) is 7.74. The maximum Gasteiger partial charge on any atom is 0.236 e. The molecule has 0 radical (unpaired) electrons. The molecule has 2 atom stereocenters. The van der Waals surface area contributed by atoms with Gasteiger partial charge in [0, 0.05) is 18.5 Å². The van der Waals surface area contributed by atoms with Crippen molar-refractivity contribution in [1.82, 2.24) is 4.72 Å². The number of hydrogen-bond donors (Lipinski definition) is 3. The van der Waals surface area contributed by atoms with Crippen molar-refractivity contribution in [2.24, 2.45) is 11.5 Å². The molecule has 0 fully saturated rings. The monoisotopic (exact) mass is 287 g/mol. The molecule has 19 heavy (non-hydrogen) atoms. The Morgan fingerprint density at radius 3 is 2.63 bits per heavy atom. The number of carbonyl (C=O) groups excluding carboxylic acids is 1. The smallest absolute Gasteiger partial charge is 0.236 e. The van der Waals surface area contributed by atoms with Crippen LogP contribution in [0.1, 0.15) is 26.7 Å². The summed E-state index contributed by atoms with van der Waals surface area (Å²) in [6.45, 7) is 3.82. The van der Waals surface area contributed by atoms with E-state index in [0.717, 1.165) is 0 Å². The van der Waals surface area contributed by atoms with E-state index in [-0.39, 0.29) is 24.3 Å². The van der Waals surface area contributed by atoms with Crippen LogP contribution in [0.4, 0.5) is 0 Å². The van der Waals surface area contributed by atoms with Gasteiger partial charge in [0.15, 0.2) is 10.7 Å². The van der Waals surface area contributed by atoms with Gasteiger partial charge in [-0.15, -0.1) is 0 Å². The fourth-order valence-electron chi connectivity index (χ4n) is 1.74. The average Bonchev–Trinajstić information content (AvgIpc) is 2.38. The lowest BCUT2D eigenvalue weighted by atomic mass is 9.95. The van der Waals surface area contributed by atoms with E-state index in [0.29, 0.717) is 6.42 Å². The molecule has 7 heteroatoms. The molecule has 1 aliphatic rings. The van der Waals surface area contributed by atoms with Crippen LogP contribution in [0.2, 0.25) is 0 Å². The fourth-order valence-corrected chi connectivity index (χ4v) is 3.18. The number of nitrogens with one attached hydrogen (secondary N) is 1. The van der Waals surface area contributed by atoms with Crippen molar-refractivity contribution in [2.75, 3.05) is 6.54 Å². The minimum atomic E-state index is -3.85. The quantitative estimate of drug-likeness (QED) is 0.624. The third-order valence-corrected chi connectivity index (χ3v) is 4.94. The van der Waals surface area contributed by atoms with Gasteiger partial charge in [-0.3, -0.25) is 4.79 Å². The van der Waals surface area contributed by atoms with Gasteiger partial charge in [0.1, 0.15) is 0 Å². The van der Waals surface area contributed by atoms with E-state index in [1.165, 1.54) is 18.2 Å². The van der Waals surface area contributed by atoms with E-state index in [1.807, 2.05) is 6.92 Å². The molecule has 0 heterocycles. The van der Waals surface area contributed by atoms with Gasteiger partial charge in [-0.1, -0.05) is 26.0 Å². The molecule has 6 nitrogen and oxygen atoms in total. The van der Waals surface area contributed by atoms with Gasteiger partial charge < -0.3 is 11.5 Å². The Bertz CT molecular complexity index is 510. The summed E-state index contributed by atoms with van der Waals surface area (Å²) in [6, 6.07) is -0.893. The number of nitrogens with two attached hydrogens (primary N) is 2. The van der Waals surface area contributed by atoms with Crippen molar-refractivity contribution in [3.8, 4) is 0 Å². The summed E-state index contributed by atoms with van der Waals surface area (Å²) in [5.41, 5.74) is 12.0. The first-order valence-electron chi connectivity index (χ1n) is 6.26. The van der Waals surface area contributed by atoms with Crippen LogP contribution in [0.3, 0.4) is 0 Å². The van der Waals surface area contributed by atoms with Gasteiger partial charge in [-0.25, -0.2) is 13.1 Å². The van der Waals surface area contributed by atoms with Crippen LogP contribution in [-0.4, -0.2) is 31.7 Å². The first kappa shape index (κ1) is 16.0. The highest BCUT2D eigenvalue weighted by molar-refractivity contribution is 7.91. The highest BCUT2D eigenvalue weighted by Gasteiger charge is 2.44. The van der Waals surface area contributed by atoms with Gasteiger partial charge in [0.05, 0.1) is 6.04 Å². The predicted octanol–water partition coefficient (Wildman–Crippen LogP) is -0.227. The highest BCUT2D eigenvalue weighted by atomic mass is 32.2. The van der Waals surface area contributed by atoms with E-state index in [4.69, 9.17) is 11.5 Å². The van der Waals surface area contributed by atoms with Crippen molar-refractivity contribution in [3.05, 3.63) is 23.8 Å². The second-order valence-corrected chi connectivity index (χ2v) is 6.52. The standard InChI is InChI=1S/C12H21N3O3S/c1-3-7-15-19(17,18)12(14)8-9(10(16)4-2)5-6-11(12)13/h5-6,8,11,15H,3-4,7,13-14H2,1-2H3. The molecule has 1 rings (SSSR count). The van der Waals surface area contributed by atoms with E-state index in [2.05, 4.69) is 4.72 Å². The molecule has 1 aliphatic carbocycles. The largest absolute Gasteiger partial charge is 0.322 e. The molecule has 5 N–H and O–H groups in total. The SMILES string of the molecule is CCCNS(=O)(=O)C1(N)C=C(C(=O)CC)C=CC1N. The number of carbonyl (C=O) groups is 1. The predicted molar refractivity (Wildman–Crippen MR) is 74.6 cm³/mol. The Labute approximate surface area is 114 Å². The van der Waals surface area contributed by atoms with Crippen LogP contribution in [0.5, 0.6) is 0 Å². The molecule has 0 saturated carbocycles. The maximum atomic E-state index is 12.2. The summed E-state index contributed by atoms with van der Waals surface area (Å²) in [7, 11) is -3.85. The van der Waals surface area contributed by atoms with Crippen molar-refractivity contribution in [1.29, 1.82) is 0 Å². The second kappa shape index (κ2) is 5.96. The summed E-state index contributed by atoms with van der Waals surface area (Å²) in [6.07, 6.45) is 5.15. The Hall–Kier alpha value is -1.02. The molecule has 0 amide bonds. The zero-order valence-electron chi connectivity index (χ0n) is 11.2. The van der Waals surface area contributed by atoms with E-state index in [9.17, 15) is 13.2 Å². The first-order chi connectivity index (χ1) is 8.78. The Morgan fingerprint density at radius 2 is 2.11 bits per heavy atom. The molecule has 0 aromatic rings. The minimum Gasteiger partial charge on any atom is -0.322 e. The van der Waals surface area contributed by atoms with Crippen molar-refractivity contribution < 1.29 is 13.2 Å². The normalized spacial score (nSPS) is 27.2. The molecule has 0 aromatic carbocycles. The lowest BCUT2D eigenvalue weighted by Gasteiger charge is -2.33. The van der Waals surface area contributed by atoms with Gasteiger partial charge in [-0.2, -0.15) is 0 Å². The second-order valence-electron chi connectivity index (χ2n) is 4.51. The Morgan fingerprint density at radius 1 is 1.47 bits per heavy atom. The number of allylic oxidation sites excluding steroid dienone is 2. The number of Topliss-reactive ketones (excluding diaryl/α,β-unsaturated/α-hetero) is 1. The summed E-state index contributed by atoms with van der Waals surface area (Å²) < 4.78 is 26.9. The number of rotatable bonds is 6. The number of ketones is 1. The summed E-state index contributed by atoms with van der Waals surface area (Å²) in [5.74, 6) is -0.163. The van der Waals surface area contributed by atoms with Gasteiger partial charge in [-0.05, 0) is 12.5 Å². The van der Waals surface area contributed by atoms with Crippen LogP contribution in [-0.2, 0) is 14.8 Å². The molecule has 0 spiro atoms. The minimum absolute atomic E-state index is 0.163. The molecule has 0 aromatic heterocycles. The lowest BCUT2D eigenvalue weighted by Crippen LogP contribution is -2.63. The van der Waals surface area contributed by atoms with Gasteiger partial charge in [0.2, 0.25) is 10.0 Å². The maximum absolute atomic E-state index is 12.2. The molecule has 0 saturated heterocycles. The van der Waals surface area contributed by atoms with Crippen LogP contribution in [0, 0.1) is 0 Å². The molecular formula is C12H21N3O3S. The van der Waals surface area contributed by atoms with Crippen molar-refractivity contribution in [2.45, 2.75) is 37.6 Å². The van der Waals surface area contributed by atoms with Gasteiger partial charge in [0.25, 0.3) is 0 Å². The zero-order chi connectivity index (χ0) is 14.7. The van der Waals surface area contributed by atoms with E-state index in [1.54, 1.807) is 6.92 Å². The zero-order valence-corrected chi connectivity index (χ0v) is 12.0.